The summed E-state index contributed by atoms with van der Waals surface area (Å²) in [5.74, 6) is 0.120. The van der Waals surface area contributed by atoms with Crippen LogP contribution in [0.25, 0.3) is 0 Å². The third-order valence-electron chi connectivity index (χ3n) is 3.52. The minimum absolute atomic E-state index is 0.0788. The van der Waals surface area contributed by atoms with Crippen molar-refractivity contribution in [3.63, 3.8) is 0 Å². The topological polar surface area (TPSA) is 97.6 Å². The minimum Gasteiger partial charge on any atom is -0.496 e. The number of Topliss-reactive ketones (excluding diaryl/α,β-unsaturated/α-hetero) is 1. The van der Waals surface area contributed by atoms with Gasteiger partial charge in [0.15, 0.2) is 11.5 Å². The molecule has 0 atom stereocenters. The van der Waals surface area contributed by atoms with Gasteiger partial charge in [-0.25, -0.2) is 0 Å². The number of nitrogens with one attached hydrogen (secondary N) is 2. The molecule has 0 bridgehead atoms. The van der Waals surface area contributed by atoms with Gasteiger partial charge in [0.2, 0.25) is 5.91 Å². The van der Waals surface area contributed by atoms with Gasteiger partial charge in [-0.1, -0.05) is 0 Å². The normalized spacial score (nSPS) is 10.2. The summed E-state index contributed by atoms with van der Waals surface area (Å²) in [6.07, 6.45) is 1.50. The van der Waals surface area contributed by atoms with E-state index in [1.165, 1.54) is 20.3 Å². The number of hydrogen-bond donors (Lipinski definition) is 2. The molecule has 7 heteroatoms. The second-order valence-electron chi connectivity index (χ2n) is 5.34. The molecule has 0 aliphatic heterocycles. The van der Waals surface area contributed by atoms with Gasteiger partial charge in [0.05, 0.1) is 19.8 Å². The molecule has 0 saturated heterocycles. The molecule has 2 rings (SSSR count). The van der Waals surface area contributed by atoms with Crippen molar-refractivity contribution in [1.29, 1.82) is 0 Å². The number of carbonyl (C=O) groups is 3. The highest BCUT2D eigenvalue weighted by Gasteiger charge is 2.12. The van der Waals surface area contributed by atoms with Gasteiger partial charge >= 0.3 is 0 Å². The van der Waals surface area contributed by atoms with Crippen molar-refractivity contribution in [3.05, 3.63) is 53.5 Å². The molecule has 1 aromatic heterocycles. The van der Waals surface area contributed by atoms with E-state index in [0.29, 0.717) is 16.9 Å². The Morgan fingerprint density at radius 2 is 1.88 bits per heavy atom. The summed E-state index contributed by atoms with van der Waals surface area (Å²) < 4.78 is 10.2. The van der Waals surface area contributed by atoms with E-state index in [9.17, 15) is 14.4 Å². The third-order valence-corrected chi connectivity index (χ3v) is 3.52. The quantitative estimate of drug-likeness (QED) is 0.560. The number of methoxy groups -OCH3 is 1. The summed E-state index contributed by atoms with van der Waals surface area (Å²) in [5.41, 5.74) is 1.15. The molecule has 2 aromatic rings. The number of ketones is 1. The molecule has 0 spiro atoms. The van der Waals surface area contributed by atoms with Crippen LogP contribution in [0.4, 0.5) is 0 Å². The van der Waals surface area contributed by atoms with Crippen molar-refractivity contribution < 1.29 is 23.5 Å². The first-order valence-electron chi connectivity index (χ1n) is 7.77. The Balaban J connectivity index is 1.83. The number of carbonyl (C=O) groups excluding carboxylic acids is 3. The lowest BCUT2D eigenvalue weighted by Crippen LogP contribution is -2.35. The largest absolute Gasteiger partial charge is 0.496 e. The van der Waals surface area contributed by atoms with E-state index in [4.69, 9.17) is 9.15 Å². The summed E-state index contributed by atoms with van der Waals surface area (Å²) in [4.78, 5) is 35.2. The first-order chi connectivity index (χ1) is 12.0. The molecule has 0 unspecified atom stereocenters. The summed E-state index contributed by atoms with van der Waals surface area (Å²) >= 11 is 0. The van der Waals surface area contributed by atoms with Crippen LogP contribution in [0.15, 0.2) is 41.0 Å². The Hall–Kier alpha value is -3.09. The van der Waals surface area contributed by atoms with Gasteiger partial charge in [0.25, 0.3) is 5.91 Å². The highest BCUT2D eigenvalue weighted by Crippen LogP contribution is 2.20. The SMILES string of the molecule is COc1ccc(C(C)=O)cc1CC(=O)NCCNC(=O)c1ccco1. The first-order valence-corrected chi connectivity index (χ1v) is 7.77. The second kappa shape index (κ2) is 8.68. The molecule has 0 aliphatic rings. The Labute approximate surface area is 145 Å². The number of benzene rings is 1. The molecule has 0 aliphatic carbocycles. The fourth-order valence-corrected chi connectivity index (χ4v) is 2.24. The number of hydrogen-bond acceptors (Lipinski definition) is 5. The zero-order valence-electron chi connectivity index (χ0n) is 14.1. The molecule has 1 aromatic carbocycles. The van der Waals surface area contributed by atoms with Gasteiger partial charge in [-0.3, -0.25) is 14.4 Å². The predicted octanol–water partition coefficient (Wildman–Crippen LogP) is 1.58. The summed E-state index contributed by atoms with van der Waals surface area (Å²) in [6, 6.07) is 8.16. The predicted molar refractivity (Wildman–Crippen MR) is 90.8 cm³/mol. The Bertz CT molecular complexity index is 753. The highest BCUT2D eigenvalue weighted by molar-refractivity contribution is 5.94. The van der Waals surface area contributed by atoms with Gasteiger partial charge in [0.1, 0.15) is 5.75 Å². The smallest absolute Gasteiger partial charge is 0.287 e. The standard InChI is InChI=1S/C18H20N2O5/c1-12(21)13-5-6-15(24-2)14(10-13)11-17(22)19-7-8-20-18(23)16-4-3-9-25-16/h3-6,9-10H,7-8,11H2,1-2H3,(H,19,22)(H,20,23). The van der Waals surface area contributed by atoms with Crippen molar-refractivity contribution in [2.75, 3.05) is 20.2 Å². The monoisotopic (exact) mass is 344 g/mol. The summed E-state index contributed by atoms with van der Waals surface area (Å²) in [6.45, 7) is 2.02. The molecule has 132 valence electrons. The van der Waals surface area contributed by atoms with Crippen molar-refractivity contribution in [2.24, 2.45) is 0 Å². The molecule has 0 radical (unpaired) electrons. The molecule has 0 saturated carbocycles. The number of furan rings is 1. The molecular formula is C18H20N2O5. The maximum absolute atomic E-state index is 12.1. The number of ether oxygens (including phenoxy) is 1. The lowest BCUT2D eigenvalue weighted by atomic mass is 10.0. The van der Waals surface area contributed by atoms with E-state index in [0.717, 1.165) is 0 Å². The molecular weight excluding hydrogens is 324 g/mol. The first kappa shape index (κ1) is 18.3. The van der Waals surface area contributed by atoms with Crippen LogP contribution in [-0.4, -0.2) is 37.8 Å². The summed E-state index contributed by atoms with van der Waals surface area (Å²) in [5, 5.41) is 5.34. The van der Waals surface area contributed by atoms with Crippen LogP contribution >= 0.6 is 0 Å². The molecule has 0 fully saturated rings. The van der Waals surface area contributed by atoms with Crippen molar-refractivity contribution >= 4 is 17.6 Å². The number of rotatable bonds is 8. The van der Waals surface area contributed by atoms with Gasteiger partial charge in [0, 0.05) is 24.2 Å². The fourth-order valence-electron chi connectivity index (χ4n) is 2.24. The van der Waals surface area contributed by atoms with Crippen LogP contribution in [0, 0.1) is 0 Å². The van der Waals surface area contributed by atoms with Gasteiger partial charge in [-0.15, -0.1) is 0 Å². The average Bonchev–Trinajstić information content (AvgIpc) is 3.13. The van der Waals surface area contributed by atoms with E-state index in [-0.39, 0.29) is 42.9 Å². The molecule has 1 heterocycles. The minimum atomic E-state index is -0.338. The molecule has 2 amide bonds. The van der Waals surface area contributed by atoms with Crippen molar-refractivity contribution in [3.8, 4) is 5.75 Å². The van der Waals surface area contributed by atoms with E-state index >= 15 is 0 Å². The fraction of sp³-hybridized carbons (Fsp3) is 0.278. The van der Waals surface area contributed by atoms with Crippen LogP contribution in [0.2, 0.25) is 0 Å². The van der Waals surface area contributed by atoms with Gasteiger partial charge < -0.3 is 19.8 Å². The average molecular weight is 344 g/mol. The lowest BCUT2D eigenvalue weighted by molar-refractivity contribution is -0.120. The van der Waals surface area contributed by atoms with E-state index in [1.54, 1.807) is 30.3 Å². The van der Waals surface area contributed by atoms with Crippen molar-refractivity contribution in [2.45, 2.75) is 13.3 Å². The van der Waals surface area contributed by atoms with Crippen LogP contribution in [-0.2, 0) is 11.2 Å². The Morgan fingerprint density at radius 1 is 1.12 bits per heavy atom. The second-order valence-corrected chi connectivity index (χ2v) is 5.34. The highest BCUT2D eigenvalue weighted by atomic mass is 16.5. The maximum Gasteiger partial charge on any atom is 0.287 e. The number of amides is 2. The van der Waals surface area contributed by atoms with Crippen LogP contribution in [0.3, 0.4) is 0 Å². The summed E-state index contributed by atoms with van der Waals surface area (Å²) in [7, 11) is 1.51. The Morgan fingerprint density at radius 3 is 2.52 bits per heavy atom. The zero-order chi connectivity index (χ0) is 18.2. The van der Waals surface area contributed by atoms with Crippen LogP contribution in [0.5, 0.6) is 5.75 Å². The lowest BCUT2D eigenvalue weighted by Gasteiger charge is -2.10. The van der Waals surface area contributed by atoms with E-state index in [1.807, 2.05) is 0 Å². The Kier molecular flexibility index (Phi) is 6.33. The van der Waals surface area contributed by atoms with E-state index in [2.05, 4.69) is 10.6 Å². The van der Waals surface area contributed by atoms with Gasteiger partial charge in [-0.05, 0) is 37.3 Å². The van der Waals surface area contributed by atoms with Crippen LogP contribution in [0.1, 0.15) is 33.4 Å². The molecule has 7 nitrogen and oxygen atoms in total. The van der Waals surface area contributed by atoms with Crippen molar-refractivity contribution in [1.82, 2.24) is 10.6 Å². The third kappa shape index (κ3) is 5.20. The molecule has 2 N–H and O–H groups in total. The molecule has 25 heavy (non-hydrogen) atoms. The van der Waals surface area contributed by atoms with Gasteiger partial charge in [-0.2, -0.15) is 0 Å². The maximum atomic E-state index is 12.1. The van der Waals surface area contributed by atoms with Crippen LogP contribution < -0.4 is 15.4 Å². The van der Waals surface area contributed by atoms with E-state index < -0.39 is 0 Å². The zero-order valence-corrected chi connectivity index (χ0v) is 14.1.